The number of hydrogen-bond acceptors (Lipinski definition) is 4. The Kier molecular flexibility index (Phi) is 5.44. The van der Waals surface area contributed by atoms with Crippen LogP contribution in [0.25, 0.3) is 0 Å². The van der Waals surface area contributed by atoms with Gasteiger partial charge in [-0.3, -0.25) is 10.2 Å². The summed E-state index contributed by atoms with van der Waals surface area (Å²) >= 11 is 3.32. The number of hydrogen-bond donors (Lipinski definition) is 2. The van der Waals surface area contributed by atoms with Gasteiger partial charge in [-0.15, -0.1) is 0 Å². The van der Waals surface area contributed by atoms with Crippen molar-refractivity contribution < 1.29 is 19.1 Å². The van der Waals surface area contributed by atoms with E-state index in [4.69, 9.17) is 4.74 Å². The molecule has 0 bridgehead atoms. The number of rotatable bonds is 3. The second-order valence-electron chi connectivity index (χ2n) is 3.39. The van der Waals surface area contributed by atoms with Crippen LogP contribution in [0.2, 0.25) is 0 Å². The number of carbonyl (C=O) groups is 2. The van der Waals surface area contributed by atoms with E-state index >= 15 is 0 Å². The molecule has 1 aromatic carbocycles. The van der Waals surface area contributed by atoms with E-state index in [9.17, 15) is 9.59 Å². The minimum absolute atomic E-state index is 0.217. The number of benzene rings is 1. The van der Waals surface area contributed by atoms with Crippen molar-refractivity contribution in [1.29, 1.82) is 0 Å². The fraction of sp³-hybridized carbons (Fsp3) is 0.273. The lowest BCUT2D eigenvalue weighted by molar-refractivity contribution is -0.123. The molecule has 0 unspecified atom stereocenters. The molecule has 1 rings (SSSR count). The highest BCUT2D eigenvalue weighted by Crippen LogP contribution is 2.25. The first-order chi connectivity index (χ1) is 8.52. The van der Waals surface area contributed by atoms with E-state index in [1.165, 1.54) is 7.11 Å². The van der Waals surface area contributed by atoms with Crippen LogP contribution in [0.15, 0.2) is 22.7 Å². The van der Waals surface area contributed by atoms with E-state index in [-0.39, 0.29) is 6.61 Å². The highest BCUT2D eigenvalue weighted by atomic mass is 79.9. The fourth-order valence-corrected chi connectivity index (χ4v) is 1.68. The van der Waals surface area contributed by atoms with E-state index < -0.39 is 12.0 Å². The first-order valence-electron chi connectivity index (χ1n) is 5.04. The summed E-state index contributed by atoms with van der Waals surface area (Å²) < 4.78 is 10.3. The van der Waals surface area contributed by atoms with Crippen molar-refractivity contribution in [2.75, 3.05) is 13.7 Å². The Bertz CT molecular complexity index is 451. The van der Waals surface area contributed by atoms with Gasteiger partial charge in [0.2, 0.25) is 0 Å². The van der Waals surface area contributed by atoms with E-state index in [1.807, 2.05) is 24.5 Å². The molecule has 0 spiro atoms. The van der Waals surface area contributed by atoms with Crippen LogP contribution in [-0.4, -0.2) is 25.7 Å². The summed E-state index contributed by atoms with van der Waals surface area (Å²) in [7, 11) is 1.20. The Hall–Kier alpha value is -1.76. The van der Waals surface area contributed by atoms with Crippen LogP contribution in [-0.2, 0) is 9.53 Å². The third kappa shape index (κ3) is 4.62. The maximum atomic E-state index is 11.3. The topological polar surface area (TPSA) is 76.7 Å². The Morgan fingerprint density at radius 1 is 1.33 bits per heavy atom. The van der Waals surface area contributed by atoms with E-state index in [0.29, 0.717) is 5.75 Å². The number of carbonyl (C=O) groups excluding carboxylic acids is 2. The average molecular weight is 317 g/mol. The van der Waals surface area contributed by atoms with Gasteiger partial charge in [-0.2, -0.15) is 0 Å². The molecule has 0 heterocycles. The zero-order chi connectivity index (χ0) is 13.5. The summed E-state index contributed by atoms with van der Waals surface area (Å²) in [6, 6.07) is 5.49. The highest BCUT2D eigenvalue weighted by Gasteiger charge is 2.06. The summed E-state index contributed by atoms with van der Waals surface area (Å²) in [5, 5.41) is 0. The molecule has 6 nitrogen and oxygen atoms in total. The van der Waals surface area contributed by atoms with Gasteiger partial charge in [0.15, 0.2) is 6.61 Å². The van der Waals surface area contributed by atoms with Crippen molar-refractivity contribution in [2.45, 2.75) is 6.92 Å². The Labute approximate surface area is 113 Å². The van der Waals surface area contributed by atoms with Crippen LogP contribution in [0.5, 0.6) is 5.75 Å². The first kappa shape index (κ1) is 14.3. The highest BCUT2D eigenvalue weighted by molar-refractivity contribution is 9.10. The summed E-state index contributed by atoms with van der Waals surface area (Å²) in [6.07, 6.45) is -0.750. The molecule has 0 atom stereocenters. The van der Waals surface area contributed by atoms with Crippen LogP contribution >= 0.6 is 15.9 Å². The van der Waals surface area contributed by atoms with Gasteiger partial charge < -0.3 is 9.47 Å². The van der Waals surface area contributed by atoms with Gasteiger partial charge in [-0.1, -0.05) is 6.07 Å². The predicted octanol–water partition coefficient (Wildman–Crippen LogP) is 1.52. The maximum absolute atomic E-state index is 11.3. The Morgan fingerprint density at radius 2 is 2.06 bits per heavy atom. The van der Waals surface area contributed by atoms with Gasteiger partial charge in [0, 0.05) is 0 Å². The van der Waals surface area contributed by atoms with Crippen molar-refractivity contribution in [3.05, 3.63) is 28.2 Å². The molecule has 1 aromatic rings. The predicted molar refractivity (Wildman–Crippen MR) is 68.1 cm³/mol. The van der Waals surface area contributed by atoms with Gasteiger partial charge in [-0.05, 0) is 40.5 Å². The minimum atomic E-state index is -0.750. The van der Waals surface area contributed by atoms with Gasteiger partial charge in [-0.25, -0.2) is 10.2 Å². The normalized spacial score (nSPS) is 9.50. The fourth-order valence-electron chi connectivity index (χ4n) is 1.07. The third-order valence-electron chi connectivity index (χ3n) is 1.94. The lowest BCUT2D eigenvalue weighted by Gasteiger charge is -2.09. The van der Waals surface area contributed by atoms with Crippen molar-refractivity contribution in [3.63, 3.8) is 0 Å². The summed E-state index contributed by atoms with van der Waals surface area (Å²) in [4.78, 5) is 22.0. The second kappa shape index (κ2) is 6.85. The van der Waals surface area contributed by atoms with Crippen LogP contribution in [0, 0.1) is 6.92 Å². The van der Waals surface area contributed by atoms with Crippen LogP contribution in [0.4, 0.5) is 4.79 Å². The number of nitrogens with one attached hydrogen (secondary N) is 2. The Balaban J connectivity index is 2.40. The minimum Gasteiger partial charge on any atom is -0.483 e. The molecule has 0 saturated heterocycles. The van der Waals surface area contributed by atoms with E-state index in [2.05, 4.69) is 26.1 Å². The average Bonchev–Trinajstić information content (AvgIpc) is 2.34. The monoisotopic (exact) mass is 316 g/mol. The molecule has 0 aliphatic carbocycles. The third-order valence-corrected chi connectivity index (χ3v) is 2.56. The number of ether oxygens (including phenoxy) is 2. The van der Waals surface area contributed by atoms with Gasteiger partial charge >= 0.3 is 6.09 Å². The van der Waals surface area contributed by atoms with Gasteiger partial charge in [0.05, 0.1) is 11.6 Å². The summed E-state index contributed by atoms with van der Waals surface area (Å²) in [6.45, 7) is 1.73. The molecule has 0 fully saturated rings. The summed E-state index contributed by atoms with van der Waals surface area (Å²) in [5.41, 5.74) is 5.25. The number of aryl methyl sites for hydroxylation is 1. The van der Waals surface area contributed by atoms with Crippen LogP contribution in [0.1, 0.15) is 5.56 Å². The standard InChI is InChI=1S/C11H13BrN2O4/c1-7-3-4-9(8(12)5-7)18-6-10(15)13-14-11(16)17-2/h3-5H,6H2,1-2H3,(H,13,15)(H,14,16). The van der Waals surface area contributed by atoms with E-state index in [1.54, 1.807) is 6.07 Å². The number of halogens is 1. The van der Waals surface area contributed by atoms with Gasteiger partial charge in [0.25, 0.3) is 5.91 Å². The zero-order valence-electron chi connectivity index (χ0n) is 9.95. The molecular formula is C11H13BrN2O4. The summed E-state index contributed by atoms with van der Waals surface area (Å²) in [5.74, 6) is 0.0571. The van der Waals surface area contributed by atoms with Crippen LogP contribution in [0.3, 0.4) is 0 Å². The molecule has 0 radical (unpaired) electrons. The molecular weight excluding hydrogens is 304 g/mol. The molecule has 2 amide bonds. The maximum Gasteiger partial charge on any atom is 0.425 e. The molecule has 2 N–H and O–H groups in total. The van der Waals surface area contributed by atoms with Crippen molar-refractivity contribution in [1.82, 2.24) is 10.9 Å². The molecule has 0 aliphatic rings. The lowest BCUT2D eigenvalue weighted by atomic mass is 10.2. The van der Waals surface area contributed by atoms with E-state index in [0.717, 1.165) is 10.0 Å². The number of amides is 2. The van der Waals surface area contributed by atoms with Crippen molar-refractivity contribution in [2.24, 2.45) is 0 Å². The molecule has 98 valence electrons. The SMILES string of the molecule is COC(=O)NNC(=O)COc1ccc(C)cc1Br. The van der Waals surface area contributed by atoms with Gasteiger partial charge in [0.1, 0.15) is 5.75 Å². The molecule has 0 saturated carbocycles. The zero-order valence-corrected chi connectivity index (χ0v) is 11.5. The number of methoxy groups -OCH3 is 1. The van der Waals surface area contributed by atoms with Crippen molar-refractivity contribution >= 4 is 27.9 Å². The Morgan fingerprint density at radius 3 is 2.67 bits per heavy atom. The lowest BCUT2D eigenvalue weighted by Crippen LogP contribution is -2.43. The smallest absolute Gasteiger partial charge is 0.425 e. The first-order valence-corrected chi connectivity index (χ1v) is 5.84. The molecule has 18 heavy (non-hydrogen) atoms. The van der Waals surface area contributed by atoms with Crippen molar-refractivity contribution in [3.8, 4) is 5.75 Å². The molecule has 0 aromatic heterocycles. The second-order valence-corrected chi connectivity index (χ2v) is 4.24. The quantitative estimate of drug-likeness (QED) is 0.829. The molecule has 0 aliphatic heterocycles. The largest absolute Gasteiger partial charge is 0.483 e. The van der Waals surface area contributed by atoms with Crippen LogP contribution < -0.4 is 15.6 Å². The number of hydrazine groups is 1. The molecule has 7 heteroatoms.